The maximum atomic E-state index is 12.6. The standard InChI is InChI=1S/C14H24N2O3S/c1-6-10-16(14(3,4)5)20(17,18)13-9-8-12(19-13)11-15-7-2/h6,8-9,15H,1,7,10-11H2,2-5H3. The lowest BCUT2D eigenvalue weighted by molar-refractivity contribution is 0.260. The van der Waals surface area contributed by atoms with E-state index in [9.17, 15) is 8.42 Å². The zero-order valence-electron chi connectivity index (χ0n) is 12.6. The molecule has 1 aromatic rings. The molecule has 0 aliphatic carbocycles. The second-order valence-electron chi connectivity index (χ2n) is 5.50. The first-order valence-corrected chi connectivity index (χ1v) is 8.10. The molecule has 0 aliphatic heterocycles. The zero-order chi connectivity index (χ0) is 15.4. The average Bonchev–Trinajstić information content (AvgIpc) is 2.81. The molecule has 20 heavy (non-hydrogen) atoms. The maximum absolute atomic E-state index is 12.6. The molecule has 0 bridgehead atoms. The second kappa shape index (κ2) is 6.56. The molecule has 114 valence electrons. The van der Waals surface area contributed by atoms with Gasteiger partial charge in [-0.1, -0.05) is 13.0 Å². The molecule has 0 radical (unpaired) electrons. The Labute approximate surface area is 121 Å². The molecule has 0 atom stereocenters. The first-order chi connectivity index (χ1) is 9.23. The van der Waals surface area contributed by atoms with Crippen LogP contribution in [0.1, 0.15) is 33.5 Å². The van der Waals surface area contributed by atoms with Crippen LogP contribution in [0.25, 0.3) is 0 Å². The number of nitrogens with one attached hydrogen (secondary N) is 1. The Morgan fingerprint density at radius 3 is 2.55 bits per heavy atom. The highest BCUT2D eigenvalue weighted by Gasteiger charge is 2.35. The van der Waals surface area contributed by atoms with Crippen LogP contribution in [0.2, 0.25) is 0 Å². The molecule has 5 nitrogen and oxygen atoms in total. The van der Waals surface area contributed by atoms with E-state index in [1.807, 2.05) is 27.7 Å². The van der Waals surface area contributed by atoms with Gasteiger partial charge in [-0.25, -0.2) is 8.42 Å². The first-order valence-electron chi connectivity index (χ1n) is 6.66. The Bertz CT molecular complexity index is 541. The Balaban J connectivity index is 3.07. The van der Waals surface area contributed by atoms with E-state index in [2.05, 4.69) is 11.9 Å². The van der Waals surface area contributed by atoms with Gasteiger partial charge in [0.25, 0.3) is 10.0 Å². The van der Waals surface area contributed by atoms with Gasteiger partial charge in [-0.3, -0.25) is 0 Å². The van der Waals surface area contributed by atoms with Crippen LogP contribution in [0.15, 0.2) is 34.3 Å². The molecule has 0 fully saturated rings. The summed E-state index contributed by atoms with van der Waals surface area (Å²) < 4.78 is 32.1. The van der Waals surface area contributed by atoms with Gasteiger partial charge in [0.2, 0.25) is 5.09 Å². The van der Waals surface area contributed by atoms with Crippen molar-refractivity contribution in [3.63, 3.8) is 0 Å². The van der Waals surface area contributed by atoms with E-state index >= 15 is 0 Å². The van der Waals surface area contributed by atoms with Gasteiger partial charge in [-0.05, 0) is 39.4 Å². The highest BCUT2D eigenvalue weighted by atomic mass is 32.2. The molecular formula is C14H24N2O3S. The summed E-state index contributed by atoms with van der Waals surface area (Å²) in [4.78, 5) is 0. The summed E-state index contributed by atoms with van der Waals surface area (Å²) in [6.45, 7) is 12.7. The third kappa shape index (κ3) is 3.94. The molecule has 1 aromatic heterocycles. The van der Waals surface area contributed by atoms with Crippen LogP contribution in [0, 0.1) is 0 Å². The Kier molecular flexibility index (Phi) is 5.56. The highest BCUT2D eigenvalue weighted by Crippen LogP contribution is 2.25. The van der Waals surface area contributed by atoms with Crippen LogP contribution in [-0.4, -0.2) is 31.4 Å². The Hall–Kier alpha value is -1.11. The van der Waals surface area contributed by atoms with Crippen molar-refractivity contribution in [3.05, 3.63) is 30.5 Å². The largest absolute Gasteiger partial charge is 0.447 e. The highest BCUT2D eigenvalue weighted by molar-refractivity contribution is 7.89. The molecule has 0 aliphatic rings. The van der Waals surface area contributed by atoms with Crippen molar-refractivity contribution in [2.24, 2.45) is 0 Å². The van der Waals surface area contributed by atoms with Crippen molar-refractivity contribution in [1.82, 2.24) is 9.62 Å². The second-order valence-corrected chi connectivity index (χ2v) is 7.29. The first kappa shape index (κ1) is 16.9. The third-order valence-electron chi connectivity index (χ3n) is 2.77. The molecule has 0 aromatic carbocycles. The van der Waals surface area contributed by atoms with E-state index in [1.54, 1.807) is 12.1 Å². The van der Waals surface area contributed by atoms with Gasteiger partial charge in [0.05, 0.1) is 6.54 Å². The topological polar surface area (TPSA) is 62.6 Å². The summed E-state index contributed by atoms with van der Waals surface area (Å²) in [7, 11) is -3.66. The predicted molar refractivity (Wildman–Crippen MR) is 79.9 cm³/mol. The fraction of sp³-hybridized carbons (Fsp3) is 0.571. The lowest BCUT2D eigenvalue weighted by Crippen LogP contribution is -2.45. The van der Waals surface area contributed by atoms with Crippen molar-refractivity contribution in [1.29, 1.82) is 0 Å². The molecule has 0 amide bonds. The molecule has 6 heteroatoms. The van der Waals surface area contributed by atoms with E-state index in [0.29, 0.717) is 12.3 Å². The fourth-order valence-electron chi connectivity index (χ4n) is 1.80. The van der Waals surface area contributed by atoms with E-state index in [-0.39, 0.29) is 11.6 Å². The van der Waals surface area contributed by atoms with Crippen LogP contribution in [-0.2, 0) is 16.6 Å². The minimum Gasteiger partial charge on any atom is -0.447 e. The van der Waals surface area contributed by atoms with Gasteiger partial charge >= 0.3 is 0 Å². The lowest BCUT2D eigenvalue weighted by atomic mass is 10.1. The van der Waals surface area contributed by atoms with Gasteiger partial charge < -0.3 is 9.73 Å². The van der Waals surface area contributed by atoms with Crippen LogP contribution in [0.4, 0.5) is 0 Å². The molecule has 0 saturated carbocycles. The molecule has 1 heterocycles. The molecule has 1 N–H and O–H groups in total. The van der Waals surface area contributed by atoms with Crippen molar-refractivity contribution >= 4 is 10.0 Å². The third-order valence-corrected chi connectivity index (χ3v) is 4.78. The summed E-state index contributed by atoms with van der Waals surface area (Å²) in [5.41, 5.74) is -0.540. The zero-order valence-corrected chi connectivity index (χ0v) is 13.5. The fourth-order valence-corrected chi connectivity index (χ4v) is 3.49. The average molecular weight is 300 g/mol. The number of hydrogen-bond donors (Lipinski definition) is 1. The quantitative estimate of drug-likeness (QED) is 0.785. The smallest absolute Gasteiger partial charge is 0.277 e. The number of sulfonamides is 1. The monoisotopic (exact) mass is 300 g/mol. The normalized spacial score (nSPS) is 12.8. The minimum atomic E-state index is -3.66. The summed E-state index contributed by atoms with van der Waals surface area (Å²) in [6.07, 6.45) is 1.57. The minimum absolute atomic E-state index is 0.0258. The SMILES string of the molecule is C=CCN(C(C)(C)C)S(=O)(=O)c1ccc(CNCC)o1. The van der Waals surface area contributed by atoms with Crippen LogP contribution < -0.4 is 5.32 Å². The summed E-state index contributed by atoms with van der Waals surface area (Å²) in [5, 5.41) is 3.07. The molecular weight excluding hydrogens is 276 g/mol. The number of nitrogens with zero attached hydrogens (tertiary/aromatic N) is 1. The van der Waals surface area contributed by atoms with Gasteiger partial charge in [0.1, 0.15) is 5.76 Å². The summed E-state index contributed by atoms with van der Waals surface area (Å²) in [5.74, 6) is 0.609. The van der Waals surface area contributed by atoms with Gasteiger partial charge in [0.15, 0.2) is 0 Å². The number of rotatable bonds is 7. The van der Waals surface area contributed by atoms with E-state index in [4.69, 9.17) is 4.42 Å². The molecule has 0 spiro atoms. The Morgan fingerprint density at radius 2 is 2.05 bits per heavy atom. The Morgan fingerprint density at radius 1 is 1.40 bits per heavy atom. The summed E-state index contributed by atoms with van der Waals surface area (Å²) >= 11 is 0. The van der Waals surface area contributed by atoms with Crippen molar-refractivity contribution in [2.75, 3.05) is 13.1 Å². The van der Waals surface area contributed by atoms with Gasteiger partial charge in [-0.15, -0.1) is 6.58 Å². The van der Waals surface area contributed by atoms with Crippen LogP contribution in [0.3, 0.4) is 0 Å². The molecule has 0 saturated heterocycles. The van der Waals surface area contributed by atoms with Crippen LogP contribution in [0.5, 0.6) is 0 Å². The lowest BCUT2D eigenvalue weighted by Gasteiger charge is -2.32. The van der Waals surface area contributed by atoms with E-state index in [1.165, 1.54) is 10.4 Å². The number of hydrogen-bond acceptors (Lipinski definition) is 4. The van der Waals surface area contributed by atoms with E-state index in [0.717, 1.165) is 6.54 Å². The predicted octanol–water partition coefficient (Wildman–Crippen LogP) is 2.36. The van der Waals surface area contributed by atoms with Crippen molar-refractivity contribution in [3.8, 4) is 0 Å². The van der Waals surface area contributed by atoms with Crippen molar-refractivity contribution < 1.29 is 12.8 Å². The summed E-state index contributed by atoms with van der Waals surface area (Å²) in [6, 6.07) is 3.19. The van der Waals surface area contributed by atoms with Crippen LogP contribution >= 0.6 is 0 Å². The van der Waals surface area contributed by atoms with E-state index < -0.39 is 15.6 Å². The van der Waals surface area contributed by atoms with Crippen molar-refractivity contribution in [2.45, 2.75) is 44.9 Å². The maximum Gasteiger partial charge on any atom is 0.277 e. The molecule has 1 rings (SSSR count). The number of furan rings is 1. The van der Waals surface area contributed by atoms with Gasteiger partial charge in [-0.2, -0.15) is 4.31 Å². The van der Waals surface area contributed by atoms with Gasteiger partial charge in [0, 0.05) is 12.1 Å². The molecule has 0 unspecified atom stereocenters.